The van der Waals surface area contributed by atoms with Crippen LogP contribution in [0.3, 0.4) is 0 Å². The van der Waals surface area contributed by atoms with Crippen molar-refractivity contribution < 1.29 is 32.3 Å². The van der Waals surface area contributed by atoms with Gasteiger partial charge in [0.05, 0.1) is 18.1 Å². The fourth-order valence-electron chi connectivity index (χ4n) is 2.44. The van der Waals surface area contributed by atoms with E-state index in [0.717, 1.165) is 0 Å². The lowest BCUT2D eigenvalue weighted by Crippen LogP contribution is -2.46. The Morgan fingerprint density at radius 1 is 1.19 bits per heavy atom. The highest BCUT2D eigenvalue weighted by molar-refractivity contribution is 7.89. The van der Waals surface area contributed by atoms with E-state index in [4.69, 9.17) is 9.47 Å². The molecule has 1 saturated heterocycles. The van der Waals surface area contributed by atoms with Crippen molar-refractivity contribution >= 4 is 27.7 Å². The first-order valence-electron chi connectivity index (χ1n) is 8.37. The molecule has 1 aromatic carbocycles. The SMILES string of the molecule is CC(=O)c1ccc(S(=O)(=O)NCC(=O)OC(C)C(=O)N2CCOCC2)cc1. The maximum Gasteiger partial charge on any atom is 0.321 e. The molecule has 1 aromatic rings. The normalized spacial score (nSPS) is 15.9. The minimum absolute atomic E-state index is 0.0854. The summed E-state index contributed by atoms with van der Waals surface area (Å²) in [5.41, 5.74) is 0.379. The molecule has 10 heteroatoms. The van der Waals surface area contributed by atoms with Gasteiger partial charge in [0, 0.05) is 18.7 Å². The highest BCUT2D eigenvalue weighted by atomic mass is 32.2. The molecule has 1 heterocycles. The number of esters is 1. The fraction of sp³-hybridized carbons (Fsp3) is 0.471. The van der Waals surface area contributed by atoms with E-state index in [9.17, 15) is 22.8 Å². The van der Waals surface area contributed by atoms with E-state index in [1.165, 1.54) is 43.0 Å². The van der Waals surface area contributed by atoms with Gasteiger partial charge in [-0.2, -0.15) is 4.72 Å². The predicted octanol–water partition coefficient (Wildman–Crippen LogP) is -0.0420. The van der Waals surface area contributed by atoms with E-state index in [-0.39, 0.29) is 16.6 Å². The van der Waals surface area contributed by atoms with E-state index in [2.05, 4.69) is 4.72 Å². The van der Waals surface area contributed by atoms with E-state index in [1.54, 1.807) is 0 Å². The van der Waals surface area contributed by atoms with Gasteiger partial charge >= 0.3 is 5.97 Å². The second-order valence-electron chi connectivity index (χ2n) is 5.97. The second kappa shape index (κ2) is 9.07. The molecule has 9 nitrogen and oxygen atoms in total. The lowest BCUT2D eigenvalue weighted by Gasteiger charge is -2.28. The van der Waals surface area contributed by atoms with E-state index < -0.39 is 28.6 Å². The third kappa shape index (κ3) is 5.84. The quantitative estimate of drug-likeness (QED) is 0.505. The van der Waals surface area contributed by atoms with Crippen LogP contribution in [0.4, 0.5) is 0 Å². The number of Topliss-reactive ketones (excluding diaryl/α,β-unsaturated/α-hetero) is 1. The van der Waals surface area contributed by atoms with Gasteiger partial charge in [0.25, 0.3) is 5.91 Å². The van der Waals surface area contributed by atoms with Gasteiger partial charge in [-0.3, -0.25) is 14.4 Å². The first-order valence-corrected chi connectivity index (χ1v) is 9.85. The number of amides is 1. The number of carbonyl (C=O) groups excluding carboxylic acids is 3. The van der Waals surface area contributed by atoms with Crippen molar-refractivity contribution in [1.29, 1.82) is 0 Å². The average molecular weight is 398 g/mol. The first-order chi connectivity index (χ1) is 12.7. The number of hydrogen-bond acceptors (Lipinski definition) is 7. The maximum absolute atomic E-state index is 12.2. The zero-order valence-electron chi connectivity index (χ0n) is 15.1. The summed E-state index contributed by atoms with van der Waals surface area (Å²) in [7, 11) is -3.95. The molecule has 0 bridgehead atoms. The number of hydrogen-bond donors (Lipinski definition) is 1. The Morgan fingerprint density at radius 2 is 1.78 bits per heavy atom. The molecule has 0 aromatic heterocycles. The van der Waals surface area contributed by atoms with Gasteiger partial charge in [-0.1, -0.05) is 12.1 Å². The third-order valence-corrected chi connectivity index (χ3v) is 5.37. The smallest absolute Gasteiger partial charge is 0.321 e. The number of benzene rings is 1. The van der Waals surface area contributed by atoms with Gasteiger partial charge in [0.15, 0.2) is 11.9 Å². The van der Waals surface area contributed by atoms with Crippen molar-refractivity contribution in [2.45, 2.75) is 24.8 Å². The predicted molar refractivity (Wildman–Crippen MR) is 94.6 cm³/mol. The number of morpholine rings is 1. The van der Waals surface area contributed by atoms with E-state index in [1.807, 2.05) is 0 Å². The Morgan fingerprint density at radius 3 is 2.33 bits per heavy atom. The molecule has 1 aliphatic rings. The lowest BCUT2D eigenvalue weighted by atomic mass is 10.2. The number of rotatable bonds is 7. The zero-order chi connectivity index (χ0) is 20.0. The van der Waals surface area contributed by atoms with E-state index >= 15 is 0 Å². The van der Waals surface area contributed by atoms with Crippen molar-refractivity contribution in [1.82, 2.24) is 9.62 Å². The lowest BCUT2D eigenvalue weighted by molar-refractivity contribution is -0.160. The second-order valence-corrected chi connectivity index (χ2v) is 7.74. The molecular weight excluding hydrogens is 376 g/mol. The van der Waals surface area contributed by atoms with Crippen LogP contribution in [0.25, 0.3) is 0 Å². The number of ether oxygens (including phenoxy) is 2. The average Bonchev–Trinajstić information content (AvgIpc) is 2.66. The monoisotopic (exact) mass is 398 g/mol. The number of sulfonamides is 1. The van der Waals surface area contributed by atoms with Gasteiger partial charge in [0.1, 0.15) is 6.54 Å². The summed E-state index contributed by atoms with van der Waals surface area (Å²) in [5.74, 6) is -1.41. The van der Waals surface area contributed by atoms with Crippen LogP contribution in [-0.2, 0) is 29.1 Å². The number of nitrogens with zero attached hydrogens (tertiary/aromatic N) is 1. The Hall–Kier alpha value is -2.30. The summed E-state index contributed by atoms with van der Waals surface area (Å²) in [6.07, 6.45) is -1.02. The Balaban J connectivity index is 1.87. The molecule has 0 spiro atoms. The molecule has 1 N–H and O–H groups in total. The minimum atomic E-state index is -3.95. The maximum atomic E-state index is 12.2. The zero-order valence-corrected chi connectivity index (χ0v) is 16.0. The van der Waals surface area contributed by atoms with Crippen LogP contribution in [0.1, 0.15) is 24.2 Å². The first kappa shape index (κ1) is 21.0. The molecule has 0 aliphatic carbocycles. The van der Waals surface area contributed by atoms with Crippen LogP contribution >= 0.6 is 0 Å². The third-order valence-electron chi connectivity index (χ3n) is 3.96. The summed E-state index contributed by atoms with van der Waals surface area (Å²) in [5, 5.41) is 0. The molecule has 2 rings (SSSR count). The molecule has 0 radical (unpaired) electrons. The summed E-state index contributed by atoms with van der Waals surface area (Å²) >= 11 is 0. The summed E-state index contributed by atoms with van der Waals surface area (Å²) in [6.45, 7) is 3.88. The van der Waals surface area contributed by atoms with Gasteiger partial charge in [-0.25, -0.2) is 8.42 Å². The number of ketones is 1. The van der Waals surface area contributed by atoms with Crippen molar-refractivity contribution in [3.63, 3.8) is 0 Å². The van der Waals surface area contributed by atoms with Crippen molar-refractivity contribution in [2.75, 3.05) is 32.8 Å². The Labute approximate surface area is 157 Å². The number of nitrogens with one attached hydrogen (secondary N) is 1. The van der Waals surface area contributed by atoms with Crippen molar-refractivity contribution in [3.8, 4) is 0 Å². The topological polar surface area (TPSA) is 119 Å². The summed E-state index contributed by atoms with van der Waals surface area (Å²) in [4.78, 5) is 36.7. The van der Waals surface area contributed by atoms with Gasteiger partial charge in [-0.05, 0) is 26.0 Å². The molecule has 148 valence electrons. The van der Waals surface area contributed by atoms with Crippen LogP contribution in [-0.4, -0.2) is 69.9 Å². The highest BCUT2D eigenvalue weighted by Gasteiger charge is 2.26. The Kier molecular flexibility index (Phi) is 7.05. The van der Waals surface area contributed by atoms with E-state index in [0.29, 0.717) is 31.9 Å². The van der Waals surface area contributed by atoms with Gasteiger partial charge in [-0.15, -0.1) is 0 Å². The van der Waals surface area contributed by atoms with Gasteiger partial charge in [0.2, 0.25) is 10.0 Å². The molecular formula is C17H22N2O7S. The molecule has 1 amide bonds. The minimum Gasteiger partial charge on any atom is -0.452 e. The van der Waals surface area contributed by atoms with Crippen LogP contribution in [0, 0.1) is 0 Å². The fourth-order valence-corrected chi connectivity index (χ4v) is 3.41. The molecule has 1 unspecified atom stereocenters. The van der Waals surface area contributed by atoms with Crippen LogP contribution in [0.2, 0.25) is 0 Å². The largest absolute Gasteiger partial charge is 0.452 e. The molecule has 1 atom stereocenters. The summed E-state index contributed by atoms with van der Waals surface area (Å²) < 4.78 is 36.7. The van der Waals surface area contributed by atoms with Crippen LogP contribution in [0.5, 0.6) is 0 Å². The van der Waals surface area contributed by atoms with Gasteiger partial charge < -0.3 is 14.4 Å². The molecule has 0 saturated carbocycles. The highest BCUT2D eigenvalue weighted by Crippen LogP contribution is 2.11. The molecule has 1 fully saturated rings. The summed E-state index contributed by atoms with van der Waals surface area (Å²) in [6, 6.07) is 5.32. The molecule has 27 heavy (non-hydrogen) atoms. The standard InChI is InChI=1S/C17H22N2O7S/c1-12(20)14-3-5-15(6-4-14)27(23,24)18-11-16(21)26-13(2)17(22)19-7-9-25-10-8-19/h3-6,13,18H,7-11H2,1-2H3. The number of carbonyl (C=O) groups is 3. The Bertz CT molecular complexity index is 799. The van der Waals surface area contributed by atoms with Crippen molar-refractivity contribution in [2.24, 2.45) is 0 Å². The van der Waals surface area contributed by atoms with Crippen LogP contribution < -0.4 is 4.72 Å². The molecule has 1 aliphatic heterocycles. The van der Waals surface area contributed by atoms with Crippen LogP contribution in [0.15, 0.2) is 29.2 Å². The van der Waals surface area contributed by atoms with Crippen molar-refractivity contribution in [3.05, 3.63) is 29.8 Å².